The van der Waals surface area contributed by atoms with Crippen LogP contribution in [0.15, 0.2) is 72.8 Å². The molecule has 0 fully saturated rings. The molecule has 0 atom stereocenters. The number of alkyl halides is 10. The van der Waals surface area contributed by atoms with E-state index in [1.807, 2.05) is 6.92 Å². The molecule has 0 aliphatic rings. The predicted octanol–water partition coefficient (Wildman–Crippen LogP) is 10.9. The lowest BCUT2D eigenvalue weighted by Crippen LogP contribution is -2.54. The van der Waals surface area contributed by atoms with Gasteiger partial charge in [0.1, 0.15) is 0 Å². The highest BCUT2D eigenvalue weighted by atomic mass is 19.4. The van der Waals surface area contributed by atoms with Gasteiger partial charge in [-0.1, -0.05) is 82.6 Å². The number of ketones is 1. The minimum absolute atomic E-state index is 0.147. The van der Waals surface area contributed by atoms with Gasteiger partial charge in [0.2, 0.25) is 11.2 Å². The molecular weight excluding hydrogens is 682 g/mol. The Balaban J connectivity index is 1.92. The standard InChI is InChI=1S/C36H38F10N2O2/c1-7-21-30(3,4)28(49)33(37,38)24-9-11-25(12-10-24)34(39,40)29(50)47-26-17-13-22(14-18-26)32(35(41,42)43,36(44,45)46)23-15-19-27(20-16-23)48-31(5,6)8-2/h9-20,48H,7-8,21H2,1-6H3,(H,47,50). The van der Waals surface area contributed by atoms with Crippen LogP contribution in [0.3, 0.4) is 0 Å². The van der Waals surface area contributed by atoms with Crippen LogP contribution >= 0.6 is 0 Å². The SMILES string of the molecule is CCCC(C)(C)C(=O)C(F)(F)c1ccc(C(F)(F)C(=O)Nc2ccc(C(c3ccc(NC(C)(C)CC)cc3)(C(F)(F)F)C(F)(F)F)cc2)cc1. The van der Waals surface area contributed by atoms with Crippen molar-refractivity contribution in [1.82, 2.24) is 0 Å². The van der Waals surface area contributed by atoms with E-state index in [-0.39, 0.29) is 12.1 Å². The highest BCUT2D eigenvalue weighted by molar-refractivity contribution is 5.97. The fourth-order valence-electron chi connectivity index (χ4n) is 5.59. The van der Waals surface area contributed by atoms with Crippen LogP contribution in [-0.2, 0) is 26.8 Å². The quantitative estimate of drug-likeness (QED) is 0.173. The van der Waals surface area contributed by atoms with Crippen molar-refractivity contribution in [2.24, 2.45) is 5.41 Å². The minimum Gasteiger partial charge on any atom is -0.380 e. The van der Waals surface area contributed by atoms with Crippen LogP contribution in [0, 0.1) is 5.41 Å². The third-order valence-corrected chi connectivity index (χ3v) is 8.78. The maximum atomic E-state index is 15.1. The number of anilines is 2. The summed E-state index contributed by atoms with van der Waals surface area (Å²) in [6.07, 6.45) is -10.6. The molecule has 1 amide bonds. The van der Waals surface area contributed by atoms with Gasteiger partial charge in [0.05, 0.1) is 0 Å². The average Bonchev–Trinajstić information content (AvgIpc) is 3.01. The average molecular weight is 721 g/mol. The second-order valence-electron chi connectivity index (χ2n) is 13.4. The number of rotatable bonds is 13. The Morgan fingerprint density at radius 2 is 0.940 bits per heavy atom. The summed E-state index contributed by atoms with van der Waals surface area (Å²) in [6, 6.07) is 7.87. The molecule has 274 valence electrons. The summed E-state index contributed by atoms with van der Waals surface area (Å²) in [6.45, 7) is 9.81. The zero-order valence-electron chi connectivity index (χ0n) is 28.1. The van der Waals surface area contributed by atoms with E-state index >= 15 is 8.78 Å². The molecule has 0 bridgehead atoms. The predicted molar refractivity (Wildman–Crippen MR) is 170 cm³/mol. The van der Waals surface area contributed by atoms with Crippen molar-refractivity contribution in [2.45, 2.75) is 96.0 Å². The molecule has 0 heterocycles. The van der Waals surface area contributed by atoms with Crippen LogP contribution in [-0.4, -0.2) is 29.6 Å². The van der Waals surface area contributed by atoms with Gasteiger partial charge in [0, 0.05) is 33.5 Å². The Hall–Kier alpha value is -4.10. The van der Waals surface area contributed by atoms with Gasteiger partial charge in [-0.15, -0.1) is 0 Å². The number of hydrogen-bond donors (Lipinski definition) is 2. The molecule has 0 radical (unpaired) electrons. The zero-order chi connectivity index (χ0) is 38.1. The Bertz CT molecular complexity index is 1630. The molecule has 0 saturated carbocycles. The van der Waals surface area contributed by atoms with Crippen LogP contribution in [0.4, 0.5) is 55.3 Å². The van der Waals surface area contributed by atoms with Crippen LogP contribution in [0.5, 0.6) is 0 Å². The first-order chi connectivity index (χ1) is 22.8. The summed E-state index contributed by atoms with van der Waals surface area (Å²) in [5.41, 5.74) is -11.1. The normalized spacial score (nSPS) is 13.6. The molecule has 2 N–H and O–H groups in total. The zero-order valence-corrected chi connectivity index (χ0v) is 28.1. The maximum absolute atomic E-state index is 15.1. The third kappa shape index (κ3) is 7.78. The monoisotopic (exact) mass is 720 g/mol. The van der Waals surface area contributed by atoms with E-state index in [4.69, 9.17) is 0 Å². The third-order valence-electron chi connectivity index (χ3n) is 8.78. The van der Waals surface area contributed by atoms with Crippen LogP contribution < -0.4 is 10.6 Å². The lowest BCUT2D eigenvalue weighted by Gasteiger charge is -2.38. The molecule has 0 aliphatic heterocycles. The minimum atomic E-state index is -5.92. The molecule has 3 rings (SSSR count). The van der Waals surface area contributed by atoms with Gasteiger partial charge < -0.3 is 10.6 Å². The molecule has 3 aromatic carbocycles. The van der Waals surface area contributed by atoms with Crippen molar-refractivity contribution < 1.29 is 53.5 Å². The Morgan fingerprint density at radius 3 is 1.32 bits per heavy atom. The number of amides is 1. The number of Topliss-reactive ketones (excluding diaryl/α,β-unsaturated/α-hetero) is 1. The largest absolute Gasteiger partial charge is 0.411 e. The molecule has 50 heavy (non-hydrogen) atoms. The van der Waals surface area contributed by atoms with Gasteiger partial charge in [-0.05, 0) is 62.1 Å². The second-order valence-corrected chi connectivity index (χ2v) is 13.4. The van der Waals surface area contributed by atoms with E-state index in [1.165, 1.54) is 13.8 Å². The molecule has 4 nitrogen and oxygen atoms in total. The highest BCUT2D eigenvalue weighted by Crippen LogP contribution is 2.56. The van der Waals surface area contributed by atoms with E-state index in [2.05, 4.69) is 5.32 Å². The second kappa shape index (κ2) is 13.9. The van der Waals surface area contributed by atoms with E-state index < -0.39 is 80.2 Å². The summed E-state index contributed by atoms with van der Waals surface area (Å²) >= 11 is 0. The van der Waals surface area contributed by atoms with E-state index in [0.29, 0.717) is 73.5 Å². The molecule has 0 aromatic heterocycles. The summed E-state index contributed by atoms with van der Waals surface area (Å²) in [5.74, 6) is -11.9. The van der Waals surface area contributed by atoms with Gasteiger partial charge in [0.15, 0.2) is 0 Å². The van der Waals surface area contributed by atoms with Gasteiger partial charge in [-0.2, -0.15) is 43.9 Å². The molecular formula is C36H38F10N2O2. The van der Waals surface area contributed by atoms with Gasteiger partial charge in [-0.3, -0.25) is 9.59 Å². The number of nitrogens with one attached hydrogen (secondary N) is 2. The van der Waals surface area contributed by atoms with Crippen molar-refractivity contribution in [3.8, 4) is 0 Å². The smallest absolute Gasteiger partial charge is 0.380 e. The summed E-state index contributed by atoms with van der Waals surface area (Å²) in [5, 5.41) is 4.77. The molecule has 0 spiro atoms. The number of halogens is 10. The van der Waals surface area contributed by atoms with E-state index in [0.717, 1.165) is 12.1 Å². The highest BCUT2D eigenvalue weighted by Gasteiger charge is 2.72. The lowest BCUT2D eigenvalue weighted by atomic mass is 9.73. The Kier molecular flexibility index (Phi) is 11.2. The molecule has 0 unspecified atom stereocenters. The summed E-state index contributed by atoms with van der Waals surface area (Å²) < 4.78 is 148. The Morgan fingerprint density at radius 1 is 0.560 bits per heavy atom. The fourth-order valence-corrected chi connectivity index (χ4v) is 5.59. The molecule has 14 heteroatoms. The van der Waals surface area contributed by atoms with Crippen molar-refractivity contribution in [3.05, 3.63) is 95.1 Å². The fraction of sp³-hybridized carbons (Fsp3) is 0.444. The number of benzene rings is 3. The molecule has 3 aromatic rings. The van der Waals surface area contributed by atoms with E-state index in [1.54, 1.807) is 26.1 Å². The van der Waals surface area contributed by atoms with Crippen molar-refractivity contribution in [2.75, 3.05) is 10.6 Å². The number of hydrogen-bond acceptors (Lipinski definition) is 3. The summed E-state index contributed by atoms with van der Waals surface area (Å²) in [7, 11) is 0. The summed E-state index contributed by atoms with van der Waals surface area (Å²) in [4.78, 5) is 25.1. The number of carbonyl (C=O) groups excluding carboxylic acids is 2. The van der Waals surface area contributed by atoms with Crippen LogP contribution in [0.2, 0.25) is 0 Å². The molecule has 0 aliphatic carbocycles. The van der Waals surface area contributed by atoms with Crippen molar-refractivity contribution in [1.29, 1.82) is 0 Å². The first-order valence-electron chi connectivity index (χ1n) is 15.6. The van der Waals surface area contributed by atoms with Gasteiger partial charge >= 0.3 is 24.2 Å². The van der Waals surface area contributed by atoms with Crippen LogP contribution in [0.1, 0.15) is 83.1 Å². The first kappa shape index (κ1) is 40.3. The van der Waals surface area contributed by atoms with Crippen molar-refractivity contribution in [3.63, 3.8) is 0 Å². The van der Waals surface area contributed by atoms with Crippen molar-refractivity contribution >= 4 is 23.1 Å². The lowest BCUT2D eigenvalue weighted by molar-refractivity contribution is -0.288. The molecule has 0 saturated heterocycles. The van der Waals surface area contributed by atoms with Crippen LogP contribution in [0.25, 0.3) is 0 Å². The number of carbonyl (C=O) groups is 2. The van der Waals surface area contributed by atoms with Gasteiger partial charge in [-0.25, -0.2) is 0 Å². The van der Waals surface area contributed by atoms with Gasteiger partial charge in [0.25, 0.3) is 5.91 Å². The topological polar surface area (TPSA) is 58.2 Å². The maximum Gasteiger partial charge on any atom is 0.411 e. The van der Waals surface area contributed by atoms with E-state index in [9.17, 15) is 44.7 Å². The first-order valence-corrected chi connectivity index (χ1v) is 15.6. The Labute approximate surface area is 283 Å².